The van der Waals surface area contributed by atoms with Crippen LogP contribution >= 0.6 is 0 Å². The van der Waals surface area contributed by atoms with Crippen LogP contribution < -0.4 is 5.32 Å². The highest BCUT2D eigenvalue weighted by Crippen LogP contribution is 2.24. The van der Waals surface area contributed by atoms with E-state index in [1.54, 1.807) is 6.20 Å². The fourth-order valence-corrected chi connectivity index (χ4v) is 2.03. The number of amides is 1. The maximum atomic E-state index is 11.8. The first-order valence-corrected chi connectivity index (χ1v) is 5.58. The number of anilines is 1. The molecule has 1 aliphatic rings. The smallest absolute Gasteiger partial charge is 0.228 e. The number of hydrogen-bond donors (Lipinski definition) is 1. The molecule has 1 aromatic heterocycles. The van der Waals surface area contributed by atoms with E-state index in [1.165, 1.54) is 19.3 Å². The first-order chi connectivity index (χ1) is 7.36. The van der Waals surface area contributed by atoms with E-state index in [4.69, 9.17) is 0 Å². The van der Waals surface area contributed by atoms with Crippen LogP contribution in [0.4, 0.5) is 5.82 Å². The molecule has 1 aliphatic carbocycles. The highest BCUT2D eigenvalue weighted by Gasteiger charge is 2.20. The van der Waals surface area contributed by atoms with E-state index in [0.29, 0.717) is 5.82 Å². The Hall–Kier alpha value is -1.38. The van der Waals surface area contributed by atoms with E-state index in [9.17, 15) is 4.79 Å². The molecule has 0 unspecified atom stereocenters. The number of nitrogens with one attached hydrogen (secondary N) is 1. The molecule has 0 radical (unpaired) electrons. The van der Waals surface area contributed by atoms with Gasteiger partial charge in [0.15, 0.2) is 0 Å². The lowest BCUT2D eigenvalue weighted by molar-refractivity contribution is -0.120. The minimum absolute atomic E-state index is 0.133. The molecule has 0 spiro atoms. The van der Waals surface area contributed by atoms with Crippen LogP contribution in [0.5, 0.6) is 0 Å². The van der Waals surface area contributed by atoms with E-state index in [0.717, 1.165) is 12.8 Å². The summed E-state index contributed by atoms with van der Waals surface area (Å²) in [7, 11) is 0. The van der Waals surface area contributed by atoms with Crippen molar-refractivity contribution in [3.8, 4) is 0 Å². The molecule has 2 rings (SSSR count). The Morgan fingerprint density at radius 1 is 1.27 bits per heavy atom. The minimum Gasteiger partial charge on any atom is -0.310 e. The summed E-state index contributed by atoms with van der Waals surface area (Å²) in [5, 5.41) is 2.86. The molecule has 1 fully saturated rings. The zero-order valence-corrected chi connectivity index (χ0v) is 8.78. The summed E-state index contributed by atoms with van der Waals surface area (Å²) < 4.78 is 0. The van der Waals surface area contributed by atoms with Gasteiger partial charge in [-0.15, -0.1) is 0 Å². The molecule has 0 atom stereocenters. The number of aromatic nitrogens is 1. The van der Waals surface area contributed by atoms with Gasteiger partial charge in [-0.2, -0.15) is 0 Å². The van der Waals surface area contributed by atoms with Gasteiger partial charge in [0.25, 0.3) is 0 Å². The number of rotatable bonds is 2. The molecule has 80 valence electrons. The largest absolute Gasteiger partial charge is 0.310 e. The van der Waals surface area contributed by atoms with Gasteiger partial charge in [-0.05, 0) is 25.0 Å². The molecule has 1 heterocycles. The SMILES string of the molecule is O=[11C](Nc1ccccn1)C1CCCCC1. The van der Waals surface area contributed by atoms with Crippen molar-refractivity contribution in [2.24, 2.45) is 5.92 Å². The van der Waals surface area contributed by atoms with Gasteiger partial charge in [0.05, 0.1) is 0 Å². The summed E-state index contributed by atoms with van der Waals surface area (Å²) in [5.74, 6) is 0.988. The summed E-state index contributed by atoms with van der Waals surface area (Å²) in [6.45, 7) is 0. The molecule has 1 N–H and O–H groups in total. The van der Waals surface area contributed by atoms with Crippen LogP contribution in [0.3, 0.4) is 0 Å². The summed E-state index contributed by atoms with van der Waals surface area (Å²) >= 11 is 0. The van der Waals surface area contributed by atoms with Crippen LogP contribution in [0.15, 0.2) is 24.4 Å². The summed E-state index contributed by atoms with van der Waals surface area (Å²) in [4.78, 5) is 15.9. The molecule has 1 amide bonds. The Balaban J connectivity index is 1.91. The van der Waals surface area contributed by atoms with Crippen LogP contribution in [-0.2, 0) is 4.79 Å². The number of carbonyl (C=O) groups is 1. The Labute approximate surface area is 89.9 Å². The van der Waals surface area contributed by atoms with Crippen LogP contribution in [0.1, 0.15) is 32.1 Å². The average Bonchev–Trinajstić information content (AvgIpc) is 2.31. The lowest BCUT2D eigenvalue weighted by atomic mass is 9.71. The van der Waals surface area contributed by atoms with E-state index >= 15 is 0 Å². The third-order valence-electron chi connectivity index (χ3n) is 2.89. The van der Waals surface area contributed by atoms with Gasteiger partial charge in [0, 0.05) is 12.1 Å². The van der Waals surface area contributed by atoms with Gasteiger partial charge in [0.2, 0.25) is 5.91 Å². The first kappa shape index (κ1) is 10.1. The number of hydrogen-bond acceptors (Lipinski definition) is 2. The molecule has 0 saturated heterocycles. The Kier molecular flexibility index (Phi) is 3.33. The van der Waals surface area contributed by atoms with Crippen molar-refractivity contribution >= 4 is 11.7 Å². The van der Waals surface area contributed by atoms with Crippen molar-refractivity contribution in [3.05, 3.63) is 24.4 Å². The second kappa shape index (κ2) is 4.91. The van der Waals surface area contributed by atoms with E-state index < -0.39 is 0 Å². The highest BCUT2D eigenvalue weighted by molar-refractivity contribution is 5.91. The third kappa shape index (κ3) is 2.78. The topological polar surface area (TPSA) is 42.0 Å². The molecule has 0 aliphatic heterocycles. The summed E-state index contributed by atoms with van der Waals surface area (Å²) in [6.07, 6.45) is 7.38. The molecule has 0 bridgehead atoms. The predicted molar refractivity (Wildman–Crippen MR) is 59.4 cm³/mol. The van der Waals surface area contributed by atoms with Crippen molar-refractivity contribution < 1.29 is 4.79 Å². The van der Waals surface area contributed by atoms with Gasteiger partial charge in [-0.1, -0.05) is 25.3 Å². The molecule has 1 saturated carbocycles. The molecule has 0 aromatic carbocycles. The minimum atomic E-state index is 0.133. The second-order valence-electron chi connectivity index (χ2n) is 4.04. The zero-order chi connectivity index (χ0) is 10.5. The molecule has 1 aromatic rings. The highest BCUT2D eigenvalue weighted by atomic mass is 16.1. The van der Waals surface area contributed by atoms with Crippen molar-refractivity contribution in [2.75, 3.05) is 5.32 Å². The van der Waals surface area contributed by atoms with E-state index in [1.807, 2.05) is 18.2 Å². The summed E-state index contributed by atoms with van der Waals surface area (Å²) in [6, 6.07) is 5.54. The van der Waals surface area contributed by atoms with Gasteiger partial charge in [-0.3, -0.25) is 4.79 Å². The van der Waals surface area contributed by atoms with Crippen molar-refractivity contribution in [1.29, 1.82) is 0 Å². The van der Waals surface area contributed by atoms with Crippen molar-refractivity contribution in [1.82, 2.24) is 4.98 Å². The van der Waals surface area contributed by atoms with Crippen molar-refractivity contribution in [3.63, 3.8) is 0 Å². The van der Waals surface area contributed by atoms with Gasteiger partial charge >= 0.3 is 0 Å². The number of nitrogens with zero attached hydrogens (tertiary/aromatic N) is 1. The normalized spacial score (nSPS) is 17.3. The van der Waals surface area contributed by atoms with Gasteiger partial charge in [0.1, 0.15) is 5.82 Å². The van der Waals surface area contributed by atoms with Crippen LogP contribution in [0.2, 0.25) is 0 Å². The Bertz CT molecular complexity index is 318. The second-order valence-corrected chi connectivity index (χ2v) is 4.04. The monoisotopic (exact) mass is 203 g/mol. The first-order valence-electron chi connectivity index (χ1n) is 5.58. The van der Waals surface area contributed by atoms with E-state index in [-0.39, 0.29) is 11.8 Å². The van der Waals surface area contributed by atoms with E-state index in [2.05, 4.69) is 10.3 Å². The molecular weight excluding hydrogens is 187 g/mol. The van der Waals surface area contributed by atoms with Gasteiger partial charge in [-0.25, -0.2) is 4.98 Å². The molecule has 15 heavy (non-hydrogen) atoms. The Morgan fingerprint density at radius 3 is 2.73 bits per heavy atom. The van der Waals surface area contributed by atoms with Crippen LogP contribution in [-0.4, -0.2) is 10.9 Å². The lowest BCUT2D eigenvalue weighted by Gasteiger charge is -2.20. The lowest BCUT2D eigenvalue weighted by Crippen LogP contribution is -2.25. The standard InChI is InChI=1S/C12H16N2O/c15-12(10-6-2-1-3-7-10)14-11-8-4-5-9-13-11/h4-5,8-10H,1-3,6-7H2,(H,13,14,15)/i12-1. The predicted octanol–water partition coefficient (Wildman–Crippen LogP) is 2.60. The third-order valence-corrected chi connectivity index (χ3v) is 2.89. The molecule has 3 heteroatoms. The number of pyridine rings is 1. The van der Waals surface area contributed by atoms with Crippen LogP contribution in [0, 0.1) is 5.92 Å². The molecular formula is C12H16N2O. The maximum Gasteiger partial charge on any atom is 0.228 e. The zero-order valence-electron chi connectivity index (χ0n) is 8.78. The summed E-state index contributed by atoms with van der Waals surface area (Å²) in [5.41, 5.74) is 0. The molecule has 3 nitrogen and oxygen atoms in total. The Morgan fingerprint density at radius 2 is 2.07 bits per heavy atom. The average molecular weight is 203 g/mol. The maximum absolute atomic E-state index is 11.8. The van der Waals surface area contributed by atoms with Crippen molar-refractivity contribution in [2.45, 2.75) is 32.1 Å². The fourth-order valence-electron chi connectivity index (χ4n) is 2.03. The number of carbonyl (C=O) groups excluding carboxylic acids is 1. The quantitative estimate of drug-likeness (QED) is 0.802. The van der Waals surface area contributed by atoms with Crippen LogP contribution in [0.25, 0.3) is 0 Å². The van der Waals surface area contributed by atoms with Gasteiger partial charge < -0.3 is 5.32 Å². The fraction of sp³-hybridized carbons (Fsp3) is 0.500.